The Morgan fingerprint density at radius 2 is 2.12 bits per heavy atom. The smallest absolute Gasteiger partial charge is 0.0868 e. The first-order valence-electron chi connectivity index (χ1n) is 1.80. The number of nitrogens with two attached hydrogens (primary N) is 1. The van der Waals surface area contributed by atoms with E-state index in [4.69, 9.17) is 5.73 Å². The maximum Gasteiger partial charge on any atom is 0.0868 e. The fraction of sp³-hybridized carbons (Fsp3) is 0. The van der Waals surface area contributed by atoms with Crippen molar-refractivity contribution >= 4 is 44.7 Å². The monoisotopic (exact) mass is 213 g/mol. The minimum absolute atomic E-state index is 0. The molecule has 1 aromatic rings. The lowest BCUT2D eigenvalue weighted by Crippen LogP contribution is -1.72. The average molecular weight is 215 g/mol. The predicted molar refractivity (Wildman–Crippen MR) is 43.7 cm³/mol. The van der Waals surface area contributed by atoms with E-state index in [1.807, 2.05) is 12.1 Å². The maximum absolute atomic E-state index is 5.37. The first kappa shape index (κ1) is 8.27. The summed E-state index contributed by atoms with van der Waals surface area (Å²) in [5.41, 5.74) is 5.37. The average Bonchev–Trinajstić information content (AvgIpc) is 1.87. The van der Waals surface area contributed by atoms with Gasteiger partial charge in [-0.3, -0.25) is 0 Å². The van der Waals surface area contributed by atoms with Gasteiger partial charge < -0.3 is 5.73 Å². The molecule has 0 amide bonds. The molecule has 1 heterocycles. The van der Waals surface area contributed by atoms with Gasteiger partial charge in [-0.25, -0.2) is 0 Å². The Bertz CT molecular complexity index is 148. The van der Waals surface area contributed by atoms with Crippen LogP contribution < -0.4 is 5.73 Å². The lowest BCUT2D eigenvalue weighted by atomic mass is 10.6. The second-order valence-corrected chi connectivity index (χ2v) is 3.64. The minimum atomic E-state index is 0. The van der Waals surface area contributed by atoms with Crippen LogP contribution in [0.3, 0.4) is 0 Å². The van der Waals surface area contributed by atoms with Crippen LogP contribution in [0.2, 0.25) is 0 Å². The van der Waals surface area contributed by atoms with Gasteiger partial charge in [0.05, 0.1) is 8.79 Å². The highest BCUT2D eigenvalue weighted by molar-refractivity contribution is 9.11. The minimum Gasteiger partial charge on any atom is -0.391 e. The Balaban J connectivity index is 0.000000490. The van der Waals surface area contributed by atoms with Gasteiger partial charge in [0.2, 0.25) is 0 Å². The number of nitrogen functional groups attached to an aromatic ring is 1. The van der Waals surface area contributed by atoms with Crippen molar-refractivity contribution in [1.82, 2.24) is 0 Å². The summed E-state index contributed by atoms with van der Waals surface area (Å²) in [7, 11) is 0. The van der Waals surface area contributed by atoms with Crippen molar-refractivity contribution in [1.29, 1.82) is 0 Å². The topological polar surface area (TPSA) is 26.0 Å². The van der Waals surface area contributed by atoms with Crippen LogP contribution in [0.25, 0.3) is 0 Å². The number of hydrogen-bond donors (Lipinski definition) is 1. The van der Waals surface area contributed by atoms with E-state index in [-0.39, 0.29) is 12.4 Å². The van der Waals surface area contributed by atoms with Gasteiger partial charge >= 0.3 is 0 Å². The number of anilines is 1. The highest BCUT2D eigenvalue weighted by Gasteiger charge is 1.86. The summed E-state index contributed by atoms with van der Waals surface area (Å²) in [6, 6.07) is 3.80. The van der Waals surface area contributed by atoms with E-state index in [2.05, 4.69) is 15.9 Å². The molecular formula is C4H5BrClNS. The molecule has 0 bridgehead atoms. The zero-order valence-corrected chi connectivity index (χ0v) is 7.15. The van der Waals surface area contributed by atoms with E-state index >= 15 is 0 Å². The van der Waals surface area contributed by atoms with Crippen molar-refractivity contribution in [2.75, 3.05) is 5.73 Å². The largest absolute Gasteiger partial charge is 0.391 e. The Kier molecular flexibility index (Phi) is 3.44. The van der Waals surface area contributed by atoms with Crippen LogP contribution in [0.5, 0.6) is 0 Å². The highest BCUT2D eigenvalue weighted by Crippen LogP contribution is 2.22. The van der Waals surface area contributed by atoms with Crippen molar-refractivity contribution < 1.29 is 0 Å². The van der Waals surface area contributed by atoms with Crippen molar-refractivity contribution in [3.63, 3.8) is 0 Å². The maximum atomic E-state index is 5.37. The van der Waals surface area contributed by atoms with Gasteiger partial charge in [0.25, 0.3) is 0 Å². The van der Waals surface area contributed by atoms with Crippen molar-refractivity contribution in [3.8, 4) is 0 Å². The number of thiophene rings is 1. The van der Waals surface area contributed by atoms with Gasteiger partial charge in [-0.05, 0) is 28.1 Å². The molecule has 4 heteroatoms. The van der Waals surface area contributed by atoms with Gasteiger partial charge in [0.1, 0.15) is 0 Å². The molecule has 2 N–H and O–H groups in total. The zero-order chi connectivity index (χ0) is 5.28. The molecule has 0 aliphatic heterocycles. The molecule has 0 spiro atoms. The molecule has 0 fully saturated rings. The van der Waals surface area contributed by atoms with Crippen LogP contribution in [-0.2, 0) is 0 Å². The summed E-state index contributed by atoms with van der Waals surface area (Å²) >= 11 is 4.81. The van der Waals surface area contributed by atoms with Gasteiger partial charge in [-0.15, -0.1) is 23.7 Å². The summed E-state index contributed by atoms with van der Waals surface area (Å²) in [6.07, 6.45) is 0. The second kappa shape index (κ2) is 3.33. The first-order valence-corrected chi connectivity index (χ1v) is 3.41. The third-order valence-electron chi connectivity index (χ3n) is 0.594. The Hall–Kier alpha value is 0.270. The molecule has 0 atom stereocenters. The molecular weight excluding hydrogens is 209 g/mol. The third kappa shape index (κ3) is 2.03. The molecule has 0 saturated heterocycles. The molecule has 0 radical (unpaired) electrons. The lowest BCUT2D eigenvalue weighted by molar-refractivity contribution is 1.92. The lowest BCUT2D eigenvalue weighted by Gasteiger charge is -1.71. The Morgan fingerprint density at radius 1 is 1.50 bits per heavy atom. The molecule has 1 rings (SSSR count). The van der Waals surface area contributed by atoms with Crippen LogP contribution in [0, 0.1) is 0 Å². The van der Waals surface area contributed by atoms with E-state index in [9.17, 15) is 0 Å². The zero-order valence-electron chi connectivity index (χ0n) is 3.93. The SMILES string of the molecule is Cl.Nc1ccc(Br)s1. The molecule has 8 heavy (non-hydrogen) atoms. The Morgan fingerprint density at radius 3 is 2.25 bits per heavy atom. The molecule has 0 aliphatic carbocycles. The highest BCUT2D eigenvalue weighted by atomic mass is 79.9. The molecule has 1 aromatic heterocycles. The summed E-state index contributed by atoms with van der Waals surface area (Å²) in [5.74, 6) is 0. The van der Waals surface area contributed by atoms with Crippen LogP contribution >= 0.6 is 39.7 Å². The molecule has 0 aliphatic rings. The number of halogens is 2. The van der Waals surface area contributed by atoms with Crippen LogP contribution in [0.1, 0.15) is 0 Å². The summed E-state index contributed by atoms with van der Waals surface area (Å²) < 4.78 is 1.09. The van der Waals surface area contributed by atoms with E-state index < -0.39 is 0 Å². The summed E-state index contributed by atoms with van der Waals surface area (Å²) in [6.45, 7) is 0. The standard InChI is InChI=1S/C4H4BrNS.ClH/c5-3-1-2-4(6)7-3;/h1-2H,6H2;1H. The predicted octanol–water partition coefficient (Wildman–Crippen LogP) is 2.51. The molecule has 0 saturated carbocycles. The first-order chi connectivity index (χ1) is 3.29. The molecule has 46 valence electrons. The van der Waals surface area contributed by atoms with Crippen LogP contribution in [0.4, 0.5) is 5.00 Å². The van der Waals surface area contributed by atoms with E-state index in [1.54, 1.807) is 0 Å². The van der Waals surface area contributed by atoms with E-state index in [1.165, 1.54) is 11.3 Å². The van der Waals surface area contributed by atoms with E-state index in [0.717, 1.165) is 8.79 Å². The van der Waals surface area contributed by atoms with Crippen molar-refractivity contribution in [2.24, 2.45) is 0 Å². The number of hydrogen-bond acceptors (Lipinski definition) is 2. The van der Waals surface area contributed by atoms with Gasteiger partial charge in [0.15, 0.2) is 0 Å². The van der Waals surface area contributed by atoms with Crippen LogP contribution in [0.15, 0.2) is 15.9 Å². The van der Waals surface area contributed by atoms with Crippen molar-refractivity contribution in [3.05, 3.63) is 15.9 Å². The summed E-state index contributed by atoms with van der Waals surface area (Å²) in [4.78, 5) is 0. The summed E-state index contributed by atoms with van der Waals surface area (Å²) in [5, 5.41) is 0.854. The normalized spacial score (nSPS) is 8.12. The molecule has 1 nitrogen and oxygen atoms in total. The number of rotatable bonds is 0. The van der Waals surface area contributed by atoms with Gasteiger partial charge in [-0.2, -0.15) is 0 Å². The third-order valence-corrected chi connectivity index (χ3v) is 2.05. The molecule has 0 unspecified atom stereocenters. The quantitative estimate of drug-likeness (QED) is 0.706. The van der Waals surface area contributed by atoms with E-state index in [0.29, 0.717) is 0 Å². The van der Waals surface area contributed by atoms with Gasteiger partial charge in [0, 0.05) is 0 Å². The fourth-order valence-corrected chi connectivity index (χ4v) is 1.52. The van der Waals surface area contributed by atoms with Gasteiger partial charge in [-0.1, -0.05) is 0 Å². The molecule has 0 aromatic carbocycles. The Labute approximate surface area is 66.4 Å². The second-order valence-electron chi connectivity index (χ2n) is 1.14. The van der Waals surface area contributed by atoms with Crippen molar-refractivity contribution in [2.45, 2.75) is 0 Å². The van der Waals surface area contributed by atoms with Crippen LogP contribution in [-0.4, -0.2) is 0 Å². The fourth-order valence-electron chi connectivity index (χ4n) is 0.328.